The first kappa shape index (κ1) is 21.6. The van der Waals surface area contributed by atoms with Gasteiger partial charge in [0, 0.05) is 25.6 Å². The van der Waals surface area contributed by atoms with Crippen molar-refractivity contribution in [3.63, 3.8) is 0 Å². The van der Waals surface area contributed by atoms with E-state index in [-0.39, 0.29) is 24.4 Å². The number of carbonyl (C=O) groups is 1. The van der Waals surface area contributed by atoms with Crippen LogP contribution in [0.1, 0.15) is 37.7 Å². The average molecular weight is 428 g/mol. The summed E-state index contributed by atoms with van der Waals surface area (Å²) >= 11 is 0. The maximum atomic E-state index is 12.6. The molecule has 2 aliphatic heterocycles. The zero-order chi connectivity index (χ0) is 18.9. The van der Waals surface area contributed by atoms with Crippen molar-refractivity contribution in [2.24, 2.45) is 11.8 Å². The Morgan fingerprint density at radius 1 is 1.04 bits per heavy atom. The third-order valence-corrected chi connectivity index (χ3v) is 7.67. The summed E-state index contributed by atoms with van der Waals surface area (Å²) in [5.41, 5.74) is 1.00. The number of amides is 1. The molecule has 4 rings (SSSR count). The molecule has 2 N–H and O–H groups in total. The van der Waals surface area contributed by atoms with Crippen molar-refractivity contribution in [3.05, 3.63) is 29.8 Å². The number of carbonyl (C=O) groups excluding carboxylic acids is 1. The van der Waals surface area contributed by atoms with Gasteiger partial charge in [-0.3, -0.25) is 4.79 Å². The maximum Gasteiger partial charge on any atom is 0.240 e. The van der Waals surface area contributed by atoms with Gasteiger partial charge in [0.05, 0.1) is 4.90 Å². The molecule has 0 radical (unpaired) electrons. The lowest BCUT2D eigenvalue weighted by atomic mass is 9.92. The van der Waals surface area contributed by atoms with Gasteiger partial charge in [0.1, 0.15) is 0 Å². The second kappa shape index (κ2) is 9.11. The minimum Gasteiger partial charge on any atom is -0.343 e. The van der Waals surface area contributed by atoms with Crippen LogP contribution < -0.4 is 10.0 Å². The van der Waals surface area contributed by atoms with E-state index in [1.807, 2.05) is 17.0 Å². The molecule has 1 aliphatic carbocycles. The first-order valence-corrected chi connectivity index (χ1v) is 11.6. The second-order valence-corrected chi connectivity index (χ2v) is 9.89. The van der Waals surface area contributed by atoms with E-state index >= 15 is 0 Å². The van der Waals surface area contributed by atoms with Crippen LogP contribution in [0.15, 0.2) is 29.2 Å². The summed E-state index contributed by atoms with van der Waals surface area (Å²) in [7, 11) is -3.40. The van der Waals surface area contributed by atoms with E-state index in [9.17, 15) is 13.2 Å². The van der Waals surface area contributed by atoms with E-state index < -0.39 is 10.0 Å². The number of benzene rings is 1. The van der Waals surface area contributed by atoms with Crippen LogP contribution in [0, 0.1) is 11.8 Å². The van der Waals surface area contributed by atoms with E-state index in [1.54, 1.807) is 12.1 Å². The molecule has 2 atom stereocenters. The van der Waals surface area contributed by atoms with Gasteiger partial charge in [-0.2, -0.15) is 0 Å². The van der Waals surface area contributed by atoms with Gasteiger partial charge in [-0.15, -0.1) is 12.4 Å². The third kappa shape index (κ3) is 5.26. The van der Waals surface area contributed by atoms with Crippen LogP contribution in [-0.2, 0) is 21.2 Å². The smallest absolute Gasteiger partial charge is 0.240 e. The molecule has 0 unspecified atom stereocenters. The monoisotopic (exact) mass is 427 g/mol. The molecule has 0 aromatic heterocycles. The number of nitrogens with one attached hydrogen (secondary N) is 2. The molecule has 3 fully saturated rings. The summed E-state index contributed by atoms with van der Waals surface area (Å²) in [5.74, 6) is 1.66. The largest absolute Gasteiger partial charge is 0.343 e. The van der Waals surface area contributed by atoms with Gasteiger partial charge in [0.25, 0.3) is 0 Å². The summed E-state index contributed by atoms with van der Waals surface area (Å²) in [5, 5.41) is 3.46. The molecular formula is C20H30ClN3O3S. The molecule has 6 nitrogen and oxygen atoms in total. The van der Waals surface area contributed by atoms with E-state index in [0.717, 1.165) is 69.3 Å². The fourth-order valence-corrected chi connectivity index (χ4v) is 5.51. The van der Waals surface area contributed by atoms with Crippen molar-refractivity contribution in [1.29, 1.82) is 0 Å². The van der Waals surface area contributed by atoms with E-state index in [1.165, 1.54) is 0 Å². The molecule has 1 saturated carbocycles. The fourth-order valence-electron chi connectivity index (χ4n) is 4.20. The highest BCUT2D eigenvalue weighted by Gasteiger charge is 2.31. The Hall–Kier alpha value is -1.15. The number of nitrogens with zero attached hydrogens (tertiary/aromatic N) is 1. The number of halogens is 1. The zero-order valence-corrected chi connectivity index (χ0v) is 17.7. The third-order valence-electron chi connectivity index (χ3n) is 6.13. The lowest BCUT2D eigenvalue weighted by Gasteiger charge is -2.21. The summed E-state index contributed by atoms with van der Waals surface area (Å²) in [6.45, 7) is 3.92. The Morgan fingerprint density at radius 3 is 2.21 bits per heavy atom. The predicted molar refractivity (Wildman–Crippen MR) is 111 cm³/mol. The Morgan fingerprint density at radius 2 is 1.64 bits per heavy atom. The van der Waals surface area contributed by atoms with Gasteiger partial charge < -0.3 is 10.2 Å². The SMILES string of the molecule is Cl.O=C(CCc1ccc(S(=O)(=O)NC2CC2)cc1)N1CC[C@@H]2CNC[C@@H]2CC1. The number of likely N-dealkylation sites (tertiary alicyclic amines) is 1. The molecule has 1 amide bonds. The minimum absolute atomic E-state index is 0. The average Bonchev–Trinajstić information content (AvgIpc) is 3.40. The van der Waals surface area contributed by atoms with Crippen molar-refractivity contribution >= 4 is 28.3 Å². The lowest BCUT2D eigenvalue weighted by molar-refractivity contribution is -0.131. The molecule has 28 heavy (non-hydrogen) atoms. The molecule has 0 bridgehead atoms. The number of hydrogen-bond donors (Lipinski definition) is 2. The fraction of sp³-hybridized carbons (Fsp3) is 0.650. The van der Waals surface area contributed by atoms with Gasteiger partial charge in [0.2, 0.25) is 15.9 Å². The van der Waals surface area contributed by atoms with E-state index in [4.69, 9.17) is 0 Å². The molecule has 2 heterocycles. The highest BCUT2D eigenvalue weighted by atomic mass is 35.5. The molecular weight excluding hydrogens is 398 g/mol. The van der Waals surface area contributed by atoms with Crippen molar-refractivity contribution in [2.45, 2.75) is 49.5 Å². The highest BCUT2D eigenvalue weighted by molar-refractivity contribution is 7.89. The minimum atomic E-state index is -3.40. The molecule has 0 spiro atoms. The maximum absolute atomic E-state index is 12.6. The van der Waals surface area contributed by atoms with Crippen LogP contribution in [0.5, 0.6) is 0 Å². The van der Waals surface area contributed by atoms with Crippen LogP contribution >= 0.6 is 12.4 Å². The summed E-state index contributed by atoms with van der Waals surface area (Å²) < 4.78 is 27.1. The Bertz CT molecular complexity index is 766. The van der Waals surface area contributed by atoms with Gasteiger partial charge in [0.15, 0.2) is 0 Å². The van der Waals surface area contributed by atoms with Crippen LogP contribution in [-0.4, -0.2) is 51.4 Å². The quantitative estimate of drug-likeness (QED) is 0.727. The van der Waals surface area contributed by atoms with E-state index in [2.05, 4.69) is 10.0 Å². The number of hydrogen-bond acceptors (Lipinski definition) is 4. The molecule has 3 aliphatic rings. The van der Waals surface area contributed by atoms with Gasteiger partial charge in [-0.05, 0) is 74.7 Å². The standard InChI is InChI=1S/C20H29N3O3S.ClH/c24-20(23-11-9-16-13-21-14-17(16)10-12-23)8-3-15-1-6-19(7-2-15)27(25,26)22-18-4-5-18;/h1-2,6-7,16-18,21-22H,3-5,8-14H2;1H/t16-,17+;. The predicted octanol–water partition coefficient (Wildman–Crippen LogP) is 1.94. The van der Waals surface area contributed by atoms with E-state index in [0.29, 0.717) is 17.7 Å². The number of rotatable bonds is 6. The summed E-state index contributed by atoms with van der Waals surface area (Å²) in [6.07, 6.45) is 5.19. The molecule has 8 heteroatoms. The first-order chi connectivity index (χ1) is 13.0. The number of fused-ring (bicyclic) bond motifs is 1. The Labute approximate surface area is 173 Å². The van der Waals surface area contributed by atoms with Crippen molar-refractivity contribution in [1.82, 2.24) is 14.9 Å². The normalized spacial score (nSPS) is 24.9. The highest BCUT2D eigenvalue weighted by Crippen LogP contribution is 2.27. The summed E-state index contributed by atoms with van der Waals surface area (Å²) in [4.78, 5) is 14.9. The van der Waals surface area contributed by atoms with Gasteiger partial charge >= 0.3 is 0 Å². The summed E-state index contributed by atoms with van der Waals surface area (Å²) in [6, 6.07) is 7.05. The van der Waals surface area contributed by atoms with Gasteiger partial charge in [-0.1, -0.05) is 12.1 Å². The molecule has 2 saturated heterocycles. The molecule has 1 aromatic rings. The van der Waals surface area contributed by atoms with Crippen LogP contribution in [0.25, 0.3) is 0 Å². The Kier molecular flexibility index (Phi) is 7.02. The number of aryl methyl sites for hydroxylation is 1. The number of sulfonamides is 1. The van der Waals surface area contributed by atoms with Crippen molar-refractivity contribution in [3.8, 4) is 0 Å². The van der Waals surface area contributed by atoms with Crippen molar-refractivity contribution in [2.75, 3.05) is 26.2 Å². The van der Waals surface area contributed by atoms with Crippen molar-refractivity contribution < 1.29 is 13.2 Å². The Balaban J connectivity index is 0.00000225. The second-order valence-electron chi connectivity index (χ2n) is 8.18. The van der Waals surface area contributed by atoms with Crippen LogP contribution in [0.2, 0.25) is 0 Å². The van der Waals surface area contributed by atoms with Gasteiger partial charge in [-0.25, -0.2) is 13.1 Å². The zero-order valence-electron chi connectivity index (χ0n) is 16.1. The lowest BCUT2D eigenvalue weighted by Crippen LogP contribution is -2.32. The topological polar surface area (TPSA) is 78.5 Å². The first-order valence-electron chi connectivity index (χ1n) is 10.1. The van der Waals surface area contributed by atoms with Crippen LogP contribution in [0.4, 0.5) is 0 Å². The molecule has 1 aromatic carbocycles. The van der Waals surface area contributed by atoms with Crippen LogP contribution in [0.3, 0.4) is 0 Å². The molecule has 156 valence electrons.